The van der Waals surface area contributed by atoms with Gasteiger partial charge < -0.3 is 0 Å². The van der Waals surface area contributed by atoms with Crippen LogP contribution in [0.4, 0.5) is 0 Å². The van der Waals surface area contributed by atoms with Crippen LogP contribution < -0.4 is 0 Å². The lowest BCUT2D eigenvalue weighted by atomic mass is 11.0. The van der Waals surface area contributed by atoms with Crippen LogP contribution in [0.1, 0.15) is 13.8 Å². The van der Waals surface area contributed by atoms with Crippen LogP contribution in [-0.2, 0) is 14.1 Å². The summed E-state index contributed by atoms with van der Waals surface area (Å²) in [4.78, 5) is 0. The van der Waals surface area contributed by atoms with Gasteiger partial charge in [0.1, 0.15) is 0 Å². The van der Waals surface area contributed by atoms with E-state index in [0.29, 0.717) is 0 Å². The summed E-state index contributed by atoms with van der Waals surface area (Å²) in [5.74, 6) is 0. The van der Waals surface area contributed by atoms with E-state index in [1.807, 2.05) is 12.5 Å². The Morgan fingerprint density at radius 2 is 1.64 bits per heavy atom. The van der Waals surface area contributed by atoms with Gasteiger partial charge in [0.05, 0.1) is 12.5 Å². The van der Waals surface area contributed by atoms with E-state index >= 15 is 0 Å². The first-order valence-electron chi connectivity index (χ1n) is 3.97. The molecule has 0 saturated carbocycles. The van der Waals surface area contributed by atoms with Crippen LogP contribution in [0.15, 0.2) is 0 Å². The van der Waals surface area contributed by atoms with E-state index in [-0.39, 0.29) is 0 Å². The van der Waals surface area contributed by atoms with Crippen molar-refractivity contribution in [2.24, 2.45) is 0 Å². The maximum Gasteiger partial charge on any atom is 0.0775 e. The van der Waals surface area contributed by atoms with Gasteiger partial charge in [-0.3, -0.25) is 0 Å². The van der Waals surface area contributed by atoms with Gasteiger partial charge in [0.15, 0.2) is 0 Å². The molecule has 0 aromatic rings. The summed E-state index contributed by atoms with van der Waals surface area (Å²) in [7, 11) is -2.58. The van der Waals surface area contributed by atoms with E-state index < -0.39 is 17.2 Å². The Bertz CT molecular complexity index is 157. The van der Waals surface area contributed by atoms with Gasteiger partial charge in [0.2, 0.25) is 0 Å². The Kier molecular flexibility index (Phi) is 4.21. The lowest BCUT2D eigenvalue weighted by Gasteiger charge is -2.27. The third-order valence-electron chi connectivity index (χ3n) is 1.95. The molecule has 0 unspecified atom stereocenters. The molecule has 3 heteroatoms. The Balaban J connectivity index is 4.20. The Morgan fingerprint density at radius 3 is 1.73 bits per heavy atom. The van der Waals surface area contributed by atoms with Gasteiger partial charge in [0.25, 0.3) is 0 Å². The van der Waals surface area contributed by atoms with Crippen molar-refractivity contribution in [2.75, 3.05) is 31.5 Å². The highest BCUT2D eigenvalue weighted by atomic mass is 32.2. The molecule has 11 heavy (non-hydrogen) atoms. The summed E-state index contributed by atoms with van der Waals surface area (Å²) in [6.45, 7) is 6.66. The average Bonchev–Trinajstić information content (AvgIpc) is 1.84. The minimum Gasteiger partial charge on any atom is -0.135 e. The van der Waals surface area contributed by atoms with Crippen LogP contribution in [-0.4, -0.2) is 31.5 Å². The lowest BCUT2D eigenvalue weighted by Crippen LogP contribution is -2.10. The first kappa shape index (κ1) is 11.6. The molecular weight excluding hydrogens is 175 g/mol. The fraction of sp³-hybridized carbons (Fsp3) is 0.875. The predicted octanol–water partition coefficient (Wildman–Crippen LogP) is 2.55. The first-order valence-corrected chi connectivity index (χ1v) is 9.08. The summed E-state index contributed by atoms with van der Waals surface area (Å²) in [6.07, 6.45) is 6.03. The van der Waals surface area contributed by atoms with Crippen LogP contribution in [0, 0.1) is 5.49 Å². The molecule has 0 atom stereocenters. The summed E-state index contributed by atoms with van der Waals surface area (Å²) in [5, 5.41) is 0. The lowest BCUT2D eigenvalue weighted by molar-refractivity contribution is 0.595. The molecule has 0 fully saturated rings. The van der Waals surface area contributed by atoms with Gasteiger partial charge in [-0.15, -0.1) is 4.21 Å². The van der Waals surface area contributed by atoms with Gasteiger partial charge in [0, 0.05) is 24.5 Å². The quantitative estimate of drug-likeness (QED) is 0.383. The molecule has 0 saturated heterocycles. The molecule has 0 aliphatic rings. The van der Waals surface area contributed by atoms with Gasteiger partial charge in [-0.25, -0.2) is 0 Å². The van der Waals surface area contributed by atoms with Gasteiger partial charge in [-0.05, 0) is 23.8 Å². The van der Waals surface area contributed by atoms with Crippen LogP contribution in [0.5, 0.6) is 0 Å². The molecule has 0 rings (SSSR count). The highest BCUT2D eigenvalue weighted by Gasteiger charge is 2.26. The van der Waals surface area contributed by atoms with Crippen LogP contribution in [0.25, 0.3) is 0 Å². The summed E-state index contributed by atoms with van der Waals surface area (Å²) in [5.41, 5.74) is 2.12. The van der Waals surface area contributed by atoms with E-state index in [1.54, 1.807) is 0 Å². The van der Waals surface area contributed by atoms with E-state index in [4.69, 9.17) is 0 Å². The van der Waals surface area contributed by atoms with E-state index in [0.717, 1.165) is 0 Å². The van der Waals surface area contributed by atoms with Crippen molar-refractivity contribution in [3.8, 4) is 0 Å². The Labute approximate surface area is 72.7 Å². The third-order valence-corrected chi connectivity index (χ3v) is 8.91. The maximum atomic E-state index is 11.5. The molecule has 68 valence electrons. The normalized spacial score (nSPS) is 13.5. The summed E-state index contributed by atoms with van der Waals surface area (Å²) in [6, 6.07) is 0. The van der Waals surface area contributed by atoms with Crippen LogP contribution >= 0.6 is 7.26 Å². The van der Waals surface area contributed by atoms with Crippen LogP contribution in [0.3, 0.4) is 0 Å². The van der Waals surface area contributed by atoms with E-state index in [2.05, 4.69) is 26.0 Å². The highest BCUT2D eigenvalue weighted by molar-refractivity contribution is 8.11. The van der Waals surface area contributed by atoms with Crippen molar-refractivity contribution in [2.45, 2.75) is 13.8 Å². The monoisotopic (exact) mass is 195 g/mol. The van der Waals surface area contributed by atoms with Crippen molar-refractivity contribution >= 4 is 17.2 Å². The Morgan fingerprint density at radius 1 is 1.27 bits per heavy atom. The molecule has 0 N–H and O–H groups in total. The fourth-order valence-electron chi connectivity index (χ4n) is 0.986. The van der Waals surface area contributed by atoms with E-state index in [9.17, 15) is 4.21 Å². The zero-order valence-electron chi connectivity index (χ0n) is 8.26. The van der Waals surface area contributed by atoms with Crippen molar-refractivity contribution in [3.05, 3.63) is 5.49 Å². The first-order chi connectivity index (χ1) is 4.83. The van der Waals surface area contributed by atoms with Gasteiger partial charge in [-0.1, -0.05) is 7.26 Å². The molecule has 0 aromatic heterocycles. The number of rotatable bonds is 4. The van der Waals surface area contributed by atoms with Gasteiger partial charge >= 0.3 is 0 Å². The molecular formula is C8H20OPS+. The smallest absolute Gasteiger partial charge is 0.0775 e. The summed E-state index contributed by atoms with van der Waals surface area (Å²) >= 11 is 0. The number of hydrogen-bond acceptors (Lipinski definition) is 1. The zero-order chi connectivity index (χ0) is 9.12. The second kappa shape index (κ2) is 4.00. The largest absolute Gasteiger partial charge is 0.135 e. The van der Waals surface area contributed by atoms with E-state index in [1.165, 1.54) is 12.3 Å². The van der Waals surface area contributed by atoms with Crippen molar-refractivity contribution in [1.29, 1.82) is 0 Å². The maximum absolute atomic E-state index is 11.5. The minimum absolute atomic E-state index is 0.953. The topological polar surface area (TPSA) is 17.1 Å². The second-order valence-electron chi connectivity index (χ2n) is 3.53. The molecule has 0 aliphatic carbocycles. The zero-order valence-corrected chi connectivity index (χ0v) is 9.97. The summed E-state index contributed by atoms with van der Waals surface area (Å²) < 4.78 is 11.5. The SMILES string of the molecule is CC[P+](C)([CH-][S+](C)(C)=O)CC. The molecule has 0 spiro atoms. The Hall–Kier alpha value is 0.580. The van der Waals surface area contributed by atoms with Crippen LogP contribution in [0.2, 0.25) is 0 Å². The molecule has 0 aliphatic heterocycles. The van der Waals surface area contributed by atoms with Gasteiger partial charge in [-0.2, -0.15) is 0 Å². The third kappa shape index (κ3) is 4.92. The minimum atomic E-state index is -1.63. The molecule has 1 nitrogen and oxygen atoms in total. The molecule has 0 aromatic carbocycles. The standard InChI is InChI=1S/C8H20OPS/c1-6-10(3,7-2)8-11(4,5)9/h8H,6-7H2,1-5H3/q+1. The molecule has 0 radical (unpaired) electrons. The molecule has 0 bridgehead atoms. The highest BCUT2D eigenvalue weighted by Crippen LogP contribution is 2.59. The molecule has 0 amide bonds. The molecule has 0 heterocycles. The van der Waals surface area contributed by atoms with Crippen molar-refractivity contribution in [3.63, 3.8) is 0 Å². The van der Waals surface area contributed by atoms with Crippen molar-refractivity contribution < 1.29 is 4.21 Å². The van der Waals surface area contributed by atoms with Crippen molar-refractivity contribution in [1.82, 2.24) is 0 Å². The fourth-order valence-corrected chi connectivity index (χ4v) is 7.53. The predicted molar refractivity (Wildman–Crippen MR) is 58.1 cm³/mol. The number of hydrogen-bond donors (Lipinski definition) is 0. The second-order valence-corrected chi connectivity index (χ2v) is 11.2. The average molecular weight is 195 g/mol.